The van der Waals surface area contributed by atoms with Gasteiger partial charge in [-0.25, -0.2) is 4.68 Å². The number of aliphatic imine (C=N–C) groups is 1. The highest BCUT2D eigenvalue weighted by molar-refractivity contribution is 5.80. The second kappa shape index (κ2) is 8.36. The first-order chi connectivity index (χ1) is 12.6. The first kappa shape index (κ1) is 18.5. The van der Waals surface area contributed by atoms with E-state index < -0.39 is 0 Å². The Hall–Kier alpha value is -2.34. The lowest BCUT2D eigenvalue weighted by Gasteiger charge is -2.21. The second-order valence-electron chi connectivity index (χ2n) is 7.29. The van der Waals surface area contributed by atoms with Gasteiger partial charge in [0.15, 0.2) is 5.96 Å². The first-order valence-corrected chi connectivity index (χ1v) is 9.38. The minimum Gasteiger partial charge on any atom is -0.352 e. The summed E-state index contributed by atoms with van der Waals surface area (Å²) in [4.78, 5) is 6.89. The van der Waals surface area contributed by atoms with Crippen molar-refractivity contribution in [2.75, 3.05) is 20.1 Å². The lowest BCUT2D eigenvalue weighted by atomic mass is 10.1. The van der Waals surface area contributed by atoms with Gasteiger partial charge in [-0.15, -0.1) is 0 Å². The van der Waals surface area contributed by atoms with E-state index in [1.807, 2.05) is 54.3 Å². The molecule has 0 saturated carbocycles. The molecule has 6 nitrogen and oxygen atoms in total. The summed E-state index contributed by atoms with van der Waals surface area (Å²) in [6.07, 6.45) is 1.99. The predicted octanol–water partition coefficient (Wildman–Crippen LogP) is 2.27. The molecule has 2 aromatic rings. The Morgan fingerprint density at radius 3 is 2.65 bits per heavy atom. The number of benzene rings is 1. The van der Waals surface area contributed by atoms with Crippen LogP contribution in [0.3, 0.4) is 0 Å². The molecule has 1 aliphatic heterocycles. The molecule has 0 amide bonds. The van der Waals surface area contributed by atoms with Crippen molar-refractivity contribution >= 4 is 5.96 Å². The van der Waals surface area contributed by atoms with Crippen LogP contribution in [0.4, 0.5) is 0 Å². The largest absolute Gasteiger partial charge is 0.352 e. The number of rotatable bonds is 5. The number of nitrogens with zero attached hydrogens (tertiary/aromatic N) is 4. The molecule has 0 radical (unpaired) electrons. The third-order valence-corrected chi connectivity index (χ3v) is 5.02. The molecule has 1 saturated heterocycles. The Kier molecular flexibility index (Phi) is 5.93. The number of likely N-dealkylation sites (tertiary alicyclic amines) is 1. The fourth-order valence-electron chi connectivity index (χ4n) is 3.34. The normalized spacial score (nSPS) is 21.3. The molecule has 1 aromatic heterocycles. The van der Waals surface area contributed by atoms with Gasteiger partial charge in [-0.1, -0.05) is 25.1 Å². The van der Waals surface area contributed by atoms with Crippen LogP contribution in [0.25, 0.3) is 5.69 Å². The highest BCUT2D eigenvalue weighted by atomic mass is 15.3. The molecule has 6 heteroatoms. The van der Waals surface area contributed by atoms with Crippen molar-refractivity contribution in [1.29, 1.82) is 0 Å². The maximum Gasteiger partial charge on any atom is 0.191 e. The van der Waals surface area contributed by atoms with Gasteiger partial charge in [0, 0.05) is 38.4 Å². The van der Waals surface area contributed by atoms with Crippen molar-refractivity contribution in [3.63, 3.8) is 0 Å². The van der Waals surface area contributed by atoms with Crippen molar-refractivity contribution in [1.82, 2.24) is 25.3 Å². The number of hydrogen-bond acceptors (Lipinski definition) is 3. The fourth-order valence-corrected chi connectivity index (χ4v) is 3.34. The van der Waals surface area contributed by atoms with Crippen LogP contribution < -0.4 is 10.6 Å². The molecule has 0 aliphatic carbocycles. The van der Waals surface area contributed by atoms with Crippen LogP contribution in [0.5, 0.6) is 0 Å². The predicted molar refractivity (Wildman–Crippen MR) is 107 cm³/mol. The second-order valence-corrected chi connectivity index (χ2v) is 7.29. The first-order valence-electron chi connectivity index (χ1n) is 9.38. The third kappa shape index (κ3) is 4.43. The number of hydrogen-bond donors (Lipinski definition) is 2. The van der Waals surface area contributed by atoms with Crippen molar-refractivity contribution < 1.29 is 0 Å². The van der Waals surface area contributed by atoms with Crippen LogP contribution in [0.1, 0.15) is 26.5 Å². The highest BCUT2D eigenvalue weighted by Gasteiger charge is 2.31. The Labute approximate surface area is 156 Å². The lowest BCUT2D eigenvalue weighted by Crippen LogP contribution is -2.46. The average Bonchev–Trinajstić information content (AvgIpc) is 3.26. The molecule has 2 atom stereocenters. The van der Waals surface area contributed by atoms with Crippen molar-refractivity contribution in [3.05, 3.63) is 48.3 Å². The smallest absolute Gasteiger partial charge is 0.191 e. The molecule has 1 fully saturated rings. The Morgan fingerprint density at radius 2 is 2.00 bits per heavy atom. The topological polar surface area (TPSA) is 57.5 Å². The van der Waals surface area contributed by atoms with Crippen LogP contribution in [-0.4, -0.2) is 52.9 Å². The Balaban J connectivity index is 1.54. The molecule has 0 bridgehead atoms. The summed E-state index contributed by atoms with van der Waals surface area (Å²) in [5.74, 6) is 1.44. The summed E-state index contributed by atoms with van der Waals surface area (Å²) < 4.78 is 1.90. The Morgan fingerprint density at radius 1 is 1.23 bits per heavy atom. The molecule has 26 heavy (non-hydrogen) atoms. The van der Waals surface area contributed by atoms with Crippen LogP contribution in [-0.2, 0) is 6.54 Å². The van der Waals surface area contributed by atoms with Crippen LogP contribution in [0.2, 0.25) is 0 Å². The quantitative estimate of drug-likeness (QED) is 0.639. The number of nitrogens with one attached hydrogen (secondary N) is 2. The summed E-state index contributed by atoms with van der Waals surface area (Å²) >= 11 is 0. The van der Waals surface area contributed by atoms with Gasteiger partial charge in [0.05, 0.1) is 17.9 Å². The lowest BCUT2D eigenvalue weighted by molar-refractivity contribution is 0.265. The number of guanidine groups is 1. The number of aromatic nitrogens is 2. The zero-order chi connectivity index (χ0) is 18.5. The van der Waals surface area contributed by atoms with Crippen molar-refractivity contribution in [2.24, 2.45) is 10.9 Å². The van der Waals surface area contributed by atoms with Crippen LogP contribution in [0.15, 0.2) is 47.6 Å². The molecule has 2 heterocycles. The zero-order valence-corrected chi connectivity index (χ0v) is 16.2. The van der Waals surface area contributed by atoms with Gasteiger partial charge in [0.2, 0.25) is 0 Å². The van der Waals surface area contributed by atoms with Gasteiger partial charge in [-0.2, -0.15) is 5.10 Å². The summed E-state index contributed by atoms with van der Waals surface area (Å²) in [7, 11) is 1.82. The van der Waals surface area contributed by atoms with Crippen molar-refractivity contribution in [3.8, 4) is 5.69 Å². The van der Waals surface area contributed by atoms with E-state index in [0.29, 0.717) is 24.5 Å². The fraction of sp³-hybridized carbons (Fsp3) is 0.500. The van der Waals surface area contributed by atoms with Crippen LogP contribution >= 0.6 is 0 Å². The molecule has 1 aliphatic rings. The SMILES string of the molecule is CN=C(NCc1ccn(-c2ccccc2)n1)NC1CN(C(C)C)CC1C. The van der Waals surface area contributed by atoms with E-state index in [1.54, 1.807) is 0 Å². The van der Waals surface area contributed by atoms with E-state index in [2.05, 4.69) is 46.4 Å². The molecule has 2 unspecified atom stereocenters. The maximum atomic E-state index is 4.63. The Bertz CT molecular complexity index is 721. The van der Waals surface area contributed by atoms with E-state index >= 15 is 0 Å². The highest BCUT2D eigenvalue weighted by Crippen LogP contribution is 2.18. The van der Waals surface area contributed by atoms with Gasteiger partial charge in [-0.05, 0) is 38.0 Å². The molecule has 2 N–H and O–H groups in total. The standard InChI is InChI=1S/C20H30N6/c1-15(2)25-13-16(3)19(14-25)23-20(21-4)22-12-17-10-11-26(24-17)18-8-6-5-7-9-18/h5-11,15-16,19H,12-14H2,1-4H3,(H2,21,22,23). The third-order valence-electron chi connectivity index (χ3n) is 5.02. The molecule has 140 valence electrons. The van der Waals surface area contributed by atoms with Crippen molar-refractivity contribution in [2.45, 2.75) is 39.4 Å². The summed E-state index contributed by atoms with van der Waals surface area (Å²) in [5.41, 5.74) is 2.05. The van der Waals surface area contributed by atoms with E-state index in [9.17, 15) is 0 Å². The minimum atomic E-state index is 0.422. The zero-order valence-electron chi connectivity index (χ0n) is 16.2. The van der Waals surface area contributed by atoms with Gasteiger partial charge >= 0.3 is 0 Å². The van der Waals surface area contributed by atoms with Crippen LogP contribution in [0, 0.1) is 5.92 Å². The summed E-state index contributed by atoms with van der Waals surface area (Å²) in [6.45, 7) is 9.65. The van der Waals surface area contributed by atoms with Gasteiger partial charge in [0.25, 0.3) is 0 Å². The van der Waals surface area contributed by atoms with Gasteiger partial charge in [0.1, 0.15) is 0 Å². The van der Waals surface area contributed by atoms with E-state index in [-0.39, 0.29) is 0 Å². The maximum absolute atomic E-state index is 4.63. The minimum absolute atomic E-state index is 0.422. The van der Waals surface area contributed by atoms with Gasteiger partial charge in [-0.3, -0.25) is 9.89 Å². The number of para-hydroxylation sites is 1. The summed E-state index contributed by atoms with van der Waals surface area (Å²) in [6, 6.07) is 13.2. The monoisotopic (exact) mass is 354 g/mol. The average molecular weight is 355 g/mol. The van der Waals surface area contributed by atoms with E-state index in [0.717, 1.165) is 30.4 Å². The molecular formula is C20H30N6. The molecular weight excluding hydrogens is 324 g/mol. The van der Waals surface area contributed by atoms with E-state index in [4.69, 9.17) is 0 Å². The van der Waals surface area contributed by atoms with E-state index in [1.165, 1.54) is 0 Å². The molecule has 1 aromatic carbocycles. The summed E-state index contributed by atoms with van der Waals surface area (Å²) in [5, 5.41) is 11.6. The molecule has 0 spiro atoms. The van der Waals surface area contributed by atoms with Gasteiger partial charge < -0.3 is 10.6 Å². The molecule has 3 rings (SSSR count).